The van der Waals surface area contributed by atoms with Crippen LogP contribution >= 0.6 is 11.6 Å². The van der Waals surface area contributed by atoms with Crippen molar-refractivity contribution in [3.63, 3.8) is 0 Å². The standard InChI is InChI=1S/C24H23ClN2O3/c1-2-19(26-23(29)13-7-9-14(25)10-8-13)21-17-11-15(12-18(17)21)27-20-6-4-3-5-16(20)22(28)24(27)30/h3-10,15,17-19,21H,2,11-12H2,1H3,(H,26,29). The number of Topliss-reactive ketones (excluding diaryl/α,β-unsaturated/α-hetero) is 1. The highest BCUT2D eigenvalue weighted by Gasteiger charge is 2.60. The molecule has 2 amide bonds. The van der Waals surface area contributed by atoms with Gasteiger partial charge in [0.15, 0.2) is 0 Å². The second-order valence-electron chi connectivity index (χ2n) is 8.55. The lowest BCUT2D eigenvalue weighted by atomic mass is 9.98. The summed E-state index contributed by atoms with van der Waals surface area (Å²) in [5.74, 6) is 0.536. The van der Waals surface area contributed by atoms with Gasteiger partial charge in [0.25, 0.3) is 17.6 Å². The van der Waals surface area contributed by atoms with Crippen LogP contribution in [-0.2, 0) is 4.79 Å². The Kier molecular flexibility index (Phi) is 4.66. The zero-order valence-electron chi connectivity index (χ0n) is 16.7. The van der Waals surface area contributed by atoms with Crippen molar-refractivity contribution in [2.45, 2.75) is 38.3 Å². The van der Waals surface area contributed by atoms with E-state index in [0.717, 1.165) is 24.9 Å². The van der Waals surface area contributed by atoms with E-state index in [2.05, 4.69) is 12.2 Å². The molecule has 2 fully saturated rings. The molecule has 2 aromatic rings. The fraction of sp³-hybridized carbons (Fsp3) is 0.375. The van der Waals surface area contributed by atoms with Crippen LogP contribution in [0.25, 0.3) is 0 Å². The number of nitrogens with zero attached hydrogens (tertiary/aromatic N) is 1. The average molecular weight is 423 g/mol. The number of anilines is 1. The average Bonchev–Trinajstić information content (AvgIpc) is 3.11. The Balaban J connectivity index is 1.25. The minimum Gasteiger partial charge on any atom is -0.349 e. The van der Waals surface area contributed by atoms with Gasteiger partial charge in [0, 0.05) is 22.7 Å². The van der Waals surface area contributed by atoms with Crippen molar-refractivity contribution >= 4 is 34.9 Å². The third kappa shape index (κ3) is 3.03. The first-order valence-electron chi connectivity index (χ1n) is 10.5. The summed E-state index contributed by atoms with van der Waals surface area (Å²) in [5, 5.41) is 3.80. The van der Waals surface area contributed by atoms with Crippen molar-refractivity contribution in [2.24, 2.45) is 17.8 Å². The number of fused-ring (bicyclic) bond motifs is 2. The van der Waals surface area contributed by atoms with Gasteiger partial charge in [-0.3, -0.25) is 14.4 Å². The molecule has 30 heavy (non-hydrogen) atoms. The normalized spacial score (nSPS) is 27.6. The first-order chi connectivity index (χ1) is 14.5. The van der Waals surface area contributed by atoms with Gasteiger partial charge in [0.1, 0.15) is 0 Å². The summed E-state index contributed by atoms with van der Waals surface area (Å²) in [5.41, 5.74) is 1.87. The molecule has 3 unspecified atom stereocenters. The van der Waals surface area contributed by atoms with Gasteiger partial charge in [0.2, 0.25) is 0 Å². The molecule has 2 aromatic carbocycles. The molecule has 1 N–H and O–H groups in total. The molecule has 154 valence electrons. The Bertz CT molecular complexity index is 1020. The lowest BCUT2D eigenvalue weighted by molar-refractivity contribution is -0.114. The largest absolute Gasteiger partial charge is 0.349 e. The van der Waals surface area contributed by atoms with Crippen LogP contribution in [0.1, 0.15) is 46.9 Å². The number of hydrogen-bond acceptors (Lipinski definition) is 3. The highest BCUT2D eigenvalue weighted by molar-refractivity contribution is 6.52. The molecular formula is C24H23ClN2O3. The molecule has 3 aliphatic rings. The first-order valence-corrected chi connectivity index (χ1v) is 10.9. The molecule has 0 aromatic heterocycles. The SMILES string of the molecule is CCC(NC(=O)c1ccc(Cl)cc1)C1C2CC(N3C(=O)C(=O)c4ccccc43)CC21. The van der Waals surface area contributed by atoms with Crippen LogP contribution in [0.2, 0.25) is 5.02 Å². The maximum atomic E-state index is 12.6. The van der Waals surface area contributed by atoms with Crippen LogP contribution in [-0.4, -0.2) is 29.7 Å². The topological polar surface area (TPSA) is 66.5 Å². The number of carbonyl (C=O) groups excluding carboxylic acids is 3. The van der Waals surface area contributed by atoms with Gasteiger partial charge >= 0.3 is 0 Å². The number of ketones is 1. The summed E-state index contributed by atoms with van der Waals surface area (Å²) in [4.78, 5) is 39.2. The van der Waals surface area contributed by atoms with Crippen molar-refractivity contribution in [2.75, 3.05) is 4.90 Å². The zero-order valence-corrected chi connectivity index (χ0v) is 17.4. The predicted molar refractivity (Wildman–Crippen MR) is 115 cm³/mol. The number of benzene rings is 2. The van der Waals surface area contributed by atoms with E-state index >= 15 is 0 Å². The van der Waals surface area contributed by atoms with E-state index in [4.69, 9.17) is 11.6 Å². The molecular weight excluding hydrogens is 400 g/mol. The minimum absolute atomic E-state index is 0.0702. The lowest BCUT2D eigenvalue weighted by Gasteiger charge is -2.28. The second-order valence-corrected chi connectivity index (χ2v) is 8.98. The fourth-order valence-corrected chi connectivity index (χ4v) is 5.69. The van der Waals surface area contributed by atoms with Crippen LogP contribution < -0.4 is 10.2 Å². The molecule has 2 saturated carbocycles. The highest BCUT2D eigenvalue weighted by atomic mass is 35.5. The molecule has 1 aliphatic heterocycles. The van der Waals surface area contributed by atoms with E-state index in [9.17, 15) is 14.4 Å². The molecule has 0 spiro atoms. The summed E-state index contributed by atoms with van der Waals surface area (Å²) < 4.78 is 0. The van der Waals surface area contributed by atoms with Crippen molar-refractivity contribution in [3.8, 4) is 0 Å². The van der Waals surface area contributed by atoms with E-state index in [1.165, 1.54) is 0 Å². The number of nitrogens with one attached hydrogen (secondary N) is 1. The number of para-hydroxylation sites is 1. The first kappa shape index (κ1) is 19.3. The molecule has 2 aliphatic carbocycles. The van der Waals surface area contributed by atoms with E-state index in [1.54, 1.807) is 41.3 Å². The molecule has 0 bridgehead atoms. The Morgan fingerprint density at radius 1 is 1.10 bits per heavy atom. The Hall–Kier alpha value is -2.66. The molecule has 0 radical (unpaired) electrons. The van der Waals surface area contributed by atoms with E-state index in [-0.39, 0.29) is 18.0 Å². The fourth-order valence-electron chi connectivity index (χ4n) is 5.57. The predicted octanol–water partition coefficient (Wildman–Crippen LogP) is 4.10. The smallest absolute Gasteiger partial charge is 0.299 e. The highest BCUT2D eigenvalue weighted by Crippen LogP contribution is 2.61. The van der Waals surface area contributed by atoms with Gasteiger partial charge in [-0.1, -0.05) is 30.7 Å². The van der Waals surface area contributed by atoms with Gasteiger partial charge in [-0.15, -0.1) is 0 Å². The Morgan fingerprint density at radius 3 is 2.43 bits per heavy atom. The molecule has 5 rings (SSSR count). The number of halogens is 1. The van der Waals surface area contributed by atoms with Crippen LogP contribution in [0, 0.1) is 17.8 Å². The minimum atomic E-state index is -0.401. The summed E-state index contributed by atoms with van der Waals surface area (Å²) in [6.07, 6.45) is 2.64. The summed E-state index contributed by atoms with van der Waals surface area (Å²) in [6, 6.07) is 14.4. The lowest BCUT2D eigenvalue weighted by Crippen LogP contribution is -2.41. The van der Waals surface area contributed by atoms with Gasteiger partial charge in [-0.05, 0) is 73.4 Å². The van der Waals surface area contributed by atoms with Gasteiger partial charge in [-0.25, -0.2) is 0 Å². The van der Waals surface area contributed by atoms with Crippen LogP contribution in [0.3, 0.4) is 0 Å². The molecule has 3 atom stereocenters. The van der Waals surface area contributed by atoms with Crippen molar-refractivity contribution in [1.82, 2.24) is 5.32 Å². The number of rotatable bonds is 5. The van der Waals surface area contributed by atoms with Crippen LogP contribution in [0.5, 0.6) is 0 Å². The van der Waals surface area contributed by atoms with Crippen molar-refractivity contribution in [3.05, 3.63) is 64.7 Å². The molecule has 5 nitrogen and oxygen atoms in total. The van der Waals surface area contributed by atoms with Crippen molar-refractivity contribution < 1.29 is 14.4 Å². The number of amides is 2. The Labute approximate surface area is 180 Å². The van der Waals surface area contributed by atoms with Gasteiger partial charge < -0.3 is 10.2 Å². The summed E-state index contributed by atoms with van der Waals surface area (Å²) >= 11 is 5.91. The third-order valence-electron chi connectivity index (χ3n) is 7.00. The Morgan fingerprint density at radius 2 is 1.77 bits per heavy atom. The second kappa shape index (κ2) is 7.24. The molecule has 1 heterocycles. The maximum absolute atomic E-state index is 12.6. The van der Waals surface area contributed by atoms with E-state index in [0.29, 0.717) is 33.9 Å². The molecule has 0 saturated heterocycles. The number of carbonyl (C=O) groups is 3. The van der Waals surface area contributed by atoms with Crippen LogP contribution in [0.15, 0.2) is 48.5 Å². The molecule has 6 heteroatoms. The van der Waals surface area contributed by atoms with E-state index < -0.39 is 11.7 Å². The monoisotopic (exact) mass is 422 g/mol. The summed E-state index contributed by atoms with van der Waals surface area (Å²) in [6.45, 7) is 2.09. The van der Waals surface area contributed by atoms with Gasteiger partial charge in [0.05, 0.1) is 11.3 Å². The van der Waals surface area contributed by atoms with E-state index in [1.807, 2.05) is 12.1 Å². The van der Waals surface area contributed by atoms with Crippen molar-refractivity contribution in [1.29, 1.82) is 0 Å². The third-order valence-corrected chi connectivity index (χ3v) is 7.25. The van der Waals surface area contributed by atoms with Crippen LogP contribution in [0.4, 0.5) is 5.69 Å². The zero-order chi connectivity index (χ0) is 21.0. The summed E-state index contributed by atoms with van der Waals surface area (Å²) in [7, 11) is 0. The number of hydrogen-bond donors (Lipinski definition) is 1. The maximum Gasteiger partial charge on any atom is 0.299 e. The van der Waals surface area contributed by atoms with Gasteiger partial charge in [-0.2, -0.15) is 0 Å². The quantitative estimate of drug-likeness (QED) is 0.737.